The fraction of sp³-hybridized carbons (Fsp3) is 0.571. The van der Waals surface area contributed by atoms with Gasteiger partial charge in [0.05, 0.1) is 31.6 Å². The van der Waals surface area contributed by atoms with E-state index in [1.165, 1.54) is 22.4 Å². The fourth-order valence-corrected chi connectivity index (χ4v) is 3.52. The topological polar surface area (TPSA) is 62.5 Å². The number of aromatic nitrogens is 2. The average Bonchev–Trinajstić information content (AvgIpc) is 2.92. The molecule has 1 fully saturated rings. The maximum absolute atomic E-state index is 10.3. The van der Waals surface area contributed by atoms with E-state index in [2.05, 4.69) is 59.9 Å². The number of benzene rings is 1. The minimum absolute atomic E-state index is 0.369. The summed E-state index contributed by atoms with van der Waals surface area (Å²) in [6, 6.07) is 8.59. The molecule has 27 heavy (non-hydrogen) atoms. The predicted molar refractivity (Wildman–Crippen MR) is 107 cm³/mol. The Labute approximate surface area is 162 Å². The zero-order valence-electron chi connectivity index (χ0n) is 16.7. The Morgan fingerprint density at radius 2 is 1.85 bits per heavy atom. The summed E-state index contributed by atoms with van der Waals surface area (Å²) in [5.41, 5.74) is 5.98. The van der Waals surface area contributed by atoms with E-state index in [1.54, 1.807) is 0 Å². The molecule has 2 heterocycles. The molecule has 1 atom stereocenters. The van der Waals surface area contributed by atoms with Crippen LogP contribution in [0.3, 0.4) is 0 Å². The van der Waals surface area contributed by atoms with Gasteiger partial charge in [0.2, 0.25) is 0 Å². The number of aryl methyl sites for hydroxylation is 2. The van der Waals surface area contributed by atoms with E-state index in [1.807, 2.05) is 0 Å². The zero-order valence-corrected chi connectivity index (χ0v) is 16.7. The van der Waals surface area contributed by atoms with Gasteiger partial charge in [-0.3, -0.25) is 9.58 Å². The highest BCUT2D eigenvalue weighted by molar-refractivity contribution is 5.27. The molecule has 1 aromatic carbocycles. The van der Waals surface area contributed by atoms with Gasteiger partial charge in [0.1, 0.15) is 0 Å². The van der Waals surface area contributed by atoms with Crippen LogP contribution in [0.5, 0.6) is 0 Å². The molecule has 6 nitrogen and oxygen atoms in total. The van der Waals surface area contributed by atoms with Gasteiger partial charge in [-0.2, -0.15) is 5.10 Å². The van der Waals surface area contributed by atoms with Crippen molar-refractivity contribution in [3.63, 3.8) is 0 Å². The van der Waals surface area contributed by atoms with Gasteiger partial charge in [-0.15, -0.1) is 0 Å². The number of hydrogen-bond donors (Lipinski definition) is 2. The lowest BCUT2D eigenvalue weighted by Gasteiger charge is -2.28. The van der Waals surface area contributed by atoms with Crippen LogP contribution in [0.2, 0.25) is 0 Å². The van der Waals surface area contributed by atoms with E-state index < -0.39 is 0 Å². The summed E-state index contributed by atoms with van der Waals surface area (Å²) in [5, 5.41) is 18.4. The van der Waals surface area contributed by atoms with Crippen LogP contribution in [0.4, 0.5) is 0 Å². The molecule has 0 saturated carbocycles. The second-order valence-electron chi connectivity index (χ2n) is 7.49. The van der Waals surface area contributed by atoms with Gasteiger partial charge in [-0.25, -0.2) is 0 Å². The second-order valence-corrected chi connectivity index (χ2v) is 7.49. The molecule has 3 rings (SSSR count). The number of hydrogen-bond acceptors (Lipinski definition) is 5. The summed E-state index contributed by atoms with van der Waals surface area (Å²) in [4.78, 5) is 2.26. The fourth-order valence-electron chi connectivity index (χ4n) is 3.52. The van der Waals surface area contributed by atoms with Crippen LogP contribution in [0.25, 0.3) is 0 Å². The number of β-amino-alcohol motifs (C(OH)–C–C–N with tert-alkyl or cyclic N) is 1. The first-order valence-electron chi connectivity index (χ1n) is 9.80. The van der Waals surface area contributed by atoms with Gasteiger partial charge in [0, 0.05) is 44.0 Å². The van der Waals surface area contributed by atoms with Gasteiger partial charge in [0.15, 0.2) is 0 Å². The molecule has 0 aliphatic carbocycles. The van der Waals surface area contributed by atoms with Gasteiger partial charge in [-0.1, -0.05) is 29.8 Å². The normalized spacial score (nSPS) is 16.6. The minimum atomic E-state index is -0.369. The lowest BCUT2D eigenvalue weighted by atomic mass is 10.1. The summed E-state index contributed by atoms with van der Waals surface area (Å²) in [6.45, 7) is 12.4. The van der Waals surface area contributed by atoms with Crippen molar-refractivity contribution in [1.29, 1.82) is 0 Å². The Morgan fingerprint density at radius 3 is 2.56 bits per heavy atom. The average molecular weight is 373 g/mol. The van der Waals surface area contributed by atoms with Crippen molar-refractivity contribution < 1.29 is 9.84 Å². The molecule has 1 unspecified atom stereocenters. The summed E-state index contributed by atoms with van der Waals surface area (Å²) >= 11 is 0. The number of aliphatic hydroxyl groups is 1. The molecule has 6 heteroatoms. The third-order valence-electron chi connectivity index (χ3n) is 5.24. The van der Waals surface area contributed by atoms with E-state index in [0.29, 0.717) is 13.1 Å². The molecular weight excluding hydrogens is 340 g/mol. The highest BCUT2D eigenvalue weighted by Crippen LogP contribution is 2.15. The standard InChI is InChI=1S/C21H32N4O2/c1-16-4-6-19(7-5-16)14-25-18(3)21(17(2)23-25)13-22-12-20(26)15-24-8-10-27-11-9-24/h4-7,20,22,26H,8-15H2,1-3H3. The molecule has 1 aliphatic rings. The van der Waals surface area contributed by atoms with Gasteiger partial charge in [0.25, 0.3) is 0 Å². The van der Waals surface area contributed by atoms with Crippen molar-refractivity contribution >= 4 is 0 Å². The summed E-state index contributed by atoms with van der Waals surface area (Å²) in [5.74, 6) is 0. The van der Waals surface area contributed by atoms with Gasteiger partial charge < -0.3 is 15.2 Å². The highest BCUT2D eigenvalue weighted by atomic mass is 16.5. The molecule has 1 aliphatic heterocycles. The van der Waals surface area contributed by atoms with E-state index in [4.69, 9.17) is 9.84 Å². The smallest absolute Gasteiger partial charge is 0.0791 e. The summed E-state index contributed by atoms with van der Waals surface area (Å²) < 4.78 is 7.42. The first-order valence-corrected chi connectivity index (χ1v) is 9.80. The Kier molecular flexibility index (Phi) is 7.01. The SMILES string of the molecule is Cc1ccc(Cn2nc(C)c(CNCC(O)CN3CCOCC3)c2C)cc1. The van der Waals surface area contributed by atoms with Crippen molar-refractivity contribution in [1.82, 2.24) is 20.0 Å². The van der Waals surface area contributed by atoms with Crippen LogP contribution in [0.15, 0.2) is 24.3 Å². The maximum atomic E-state index is 10.3. The molecule has 2 N–H and O–H groups in total. The number of rotatable bonds is 8. The predicted octanol–water partition coefficient (Wildman–Crippen LogP) is 1.64. The molecule has 0 radical (unpaired) electrons. The maximum Gasteiger partial charge on any atom is 0.0791 e. The second kappa shape index (κ2) is 9.46. The van der Waals surface area contributed by atoms with Gasteiger partial charge >= 0.3 is 0 Å². The van der Waals surface area contributed by atoms with E-state index >= 15 is 0 Å². The number of aliphatic hydroxyl groups excluding tert-OH is 1. The molecule has 1 aromatic heterocycles. The lowest BCUT2D eigenvalue weighted by Crippen LogP contribution is -2.43. The first kappa shape index (κ1) is 20.0. The molecule has 0 spiro atoms. The quantitative estimate of drug-likeness (QED) is 0.738. The molecule has 0 bridgehead atoms. The monoisotopic (exact) mass is 372 g/mol. The van der Waals surface area contributed by atoms with Crippen LogP contribution in [0, 0.1) is 20.8 Å². The van der Waals surface area contributed by atoms with Crippen LogP contribution in [-0.2, 0) is 17.8 Å². The molecular formula is C21H32N4O2. The van der Waals surface area contributed by atoms with Crippen molar-refractivity contribution in [3.8, 4) is 0 Å². The van der Waals surface area contributed by atoms with Crippen molar-refractivity contribution in [2.24, 2.45) is 0 Å². The molecule has 148 valence electrons. The summed E-state index contributed by atoms with van der Waals surface area (Å²) in [6.07, 6.45) is -0.369. The number of nitrogens with one attached hydrogen (secondary N) is 1. The van der Waals surface area contributed by atoms with Crippen LogP contribution < -0.4 is 5.32 Å². The Hall–Kier alpha value is -1.73. The zero-order chi connectivity index (χ0) is 19.2. The molecule has 0 amide bonds. The van der Waals surface area contributed by atoms with Crippen LogP contribution in [-0.4, -0.2) is 65.3 Å². The van der Waals surface area contributed by atoms with E-state index in [9.17, 15) is 5.11 Å². The third-order valence-corrected chi connectivity index (χ3v) is 5.24. The highest BCUT2D eigenvalue weighted by Gasteiger charge is 2.16. The van der Waals surface area contributed by atoms with Gasteiger partial charge in [-0.05, 0) is 26.3 Å². The molecule has 1 saturated heterocycles. The third kappa shape index (κ3) is 5.62. The number of nitrogens with zero attached hydrogens (tertiary/aromatic N) is 3. The Bertz CT molecular complexity index is 721. The van der Waals surface area contributed by atoms with Crippen LogP contribution in [0.1, 0.15) is 28.1 Å². The number of morpholine rings is 1. The first-order chi connectivity index (χ1) is 13.0. The van der Waals surface area contributed by atoms with E-state index in [-0.39, 0.29) is 6.10 Å². The number of ether oxygens (including phenoxy) is 1. The Balaban J connectivity index is 1.51. The lowest BCUT2D eigenvalue weighted by molar-refractivity contribution is 0.0149. The van der Waals surface area contributed by atoms with Crippen molar-refractivity contribution in [2.75, 3.05) is 39.4 Å². The largest absolute Gasteiger partial charge is 0.390 e. The van der Waals surface area contributed by atoms with Crippen molar-refractivity contribution in [3.05, 3.63) is 52.3 Å². The van der Waals surface area contributed by atoms with Crippen molar-refractivity contribution in [2.45, 2.75) is 40.0 Å². The van der Waals surface area contributed by atoms with Crippen LogP contribution >= 0.6 is 0 Å². The molecule has 2 aromatic rings. The Morgan fingerprint density at radius 1 is 1.15 bits per heavy atom. The minimum Gasteiger partial charge on any atom is -0.390 e. The van der Waals surface area contributed by atoms with E-state index in [0.717, 1.165) is 45.1 Å². The summed E-state index contributed by atoms with van der Waals surface area (Å²) in [7, 11) is 0.